The van der Waals surface area contributed by atoms with Crippen LogP contribution in [0.3, 0.4) is 0 Å². The van der Waals surface area contributed by atoms with E-state index in [1.165, 1.54) is 12.1 Å². The van der Waals surface area contributed by atoms with E-state index in [-0.39, 0.29) is 0 Å². The second-order valence-electron chi connectivity index (χ2n) is 5.38. The van der Waals surface area contributed by atoms with Crippen molar-refractivity contribution >= 4 is 0 Å². The average molecular weight is 278 g/mol. The molecule has 3 heteroatoms. The number of hydrogen-bond donors (Lipinski definition) is 0. The van der Waals surface area contributed by atoms with Gasteiger partial charge < -0.3 is 0 Å². The van der Waals surface area contributed by atoms with Crippen LogP contribution < -0.4 is 0 Å². The van der Waals surface area contributed by atoms with Gasteiger partial charge in [-0.2, -0.15) is 13.2 Å². The number of rotatable bonds is 3. The van der Waals surface area contributed by atoms with E-state index >= 15 is 0 Å². The quantitative estimate of drug-likeness (QED) is 0.688. The maximum atomic E-state index is 12.7. The van der Waals surface area contributed by atoms with E-state index in [0.29, 0.717) is 11.5 Å². The fourth-order valence-electron chi connectivity index (χ4n) is 2.22. The first-order chi connectivity index (χ1) is 9.36. The van der Waals surface area contributed by atoms with Crippen molar-refractivity contribution < 1.29 is 13.2 Å². The molecule has 0 heterocycles. The Hall–Kier alpha value is -1.77. The second kappa shape index (κ2) is 5.70. The Kier molecular flexibility index (Phi) is 4.17. The molecule has 2 aromatic rings. The molecule has 0 aliphatic heterocycles. The van der Waals surface area contributed by atoms with Crippen LogP contribution >= 0.6 is 0 Å². The van der Waals surface area contributed by atoms with Crippen molar-refractivity contribution in [3.05, 3.63) is 59.7 Å². The molecule has 0 radical (unpaired) electrons. The average Bonchev–Trinajstić information content (AvgIpc) is 2.37. The van der Waals surface area contributed by atoms with Crippen molar-refractivity contribution in [1.29, 1.82) is 0 Å². The highest BCUT2D eigenvalue weighted by molar-refractivity contribution is 5.65. The number of alkyl halides is 3. The van der Waals surface area contributed by atoms with Gasteiger partial charge in [0.15, 0.2) is 0 Å². The summed E-state index contributed by atoms with van der Waals surface area (Å²) < 4.78 is 38.2. The first-order valence-electron chi connectivity index (χ1n) is 6.63. The zero-order chi connectivity index (χ0) is 14.8. The zero-order valence-corrected chi connectivity index (χ0v) is 11.5. The van der Waals surface area contributed by atoms with Gasteiger partial charge in [-0.15, -0.1) is 0 Å². The monoisotopic (exact) mass is 278 g/mol. The lowest BCUT2D eigenvalue weighted by atomic mass is 9.97. The third-order valence-electron chi connectivity index (χ3n) is 3.09. The number of halogens is 3. The van der Waals surface area contributed by atoms with Gasteiger partial charge in [-0.05, 0) is 41.2 Å². The Labute approximate surface area is 117 Å². The summed E-state index contributed by atoms with van der Waals surface area (Å²) in [5, 5.41) is 0. The Morgan fingerprint density at radius 3 is 2.10 bits per heavy atom. The van der Waals surface area contributed by atoms with Gasteiger partial charge in [0.25, 0.3) is 0 Å². The summed E-state index contributed by atoms with van der Waals surface area (Å²) in [6.45, 7) is 4.24. The Morgan fingerprint density at radius 2 is 1.50 bits per heavy atom. The molecule has 2 aromatic carbocycles. The van der Waals surface area contributed by atoms with Gasteiger partial charge in [0.05, 0.1) is 5.56 Å². The second-order valence-corrected chi connectivity index (χ2v) is 5.38. The SMILES string of the molecule is CC(C)Cc1cccc(-c2cccc(C(F)(F)F)c2)c1. The summed E-state index contributed by atoms with van der Waals surface area (Å²) in [5.41, 5.74) is 1.97. The lowest BCUT2D eigenvalue weighted by molar-refractivity contribution is -0.137. The van der Waals surface area contributed by atoms with Gasteiger partial charge in [-0.3, -0.25) is 0 Å². The predicted octanol–water partition coefficient (Wildman–Crippen LogP) is 5.57. The molecule has 0 saturated carbocycles. The van der Waals surface area contributed by atoms with Gasteiger partial charge in [0, 0.05) is 0 Å². The summed E-state index contributed by atoms with van der Waals surface area (Å²) in [7, 11) is 0. The molecule has 0 aromatic heterocycles. The van der Waals surface area contributed by atoms with E-state index < -0.39 is 11.7 Å². The molecule has 0 nitrogen and oxygen atoms in total. The van der Waals surface area contributed by atoms with Crippen LogP contribution in [0.25, 0.3) is 11.1 Å². The minimum Gasteiger partial charge on any atom is -0.166 e. The van der Waals surface area contributed by atoms with Crippen molar-refractivity contribution in [1.82, 2.24) is 0 Å². The number of hydrogen-bond acceptors (Lipinski definition) is 0. The molecular weight excluding hydrogens is 261 g/mol. The van der Waals surface area contributed by atoms with E-state index in [1.54, 1.807) is 6.07 Å². The van der Waals surface area contributed by atoms with Gasteiger partial charge in [-0.1, -0.05) is 50.2 Å². The van der Waals surface area contributed by atoms with Crippen LogP contribution in [0.15, 0.2) is 48.5 Å². The molecule has 0 N–H and O–H groups in total. The normalized spacial score (nSPS) is 11.9. The standard InChI is InChI=1S/C17H17F3/c1-12(2)9-13-5-3-6-14(10-13)15-7-4-8-16(11-15)17(18,19)20/h3-8,10-12H,9H2,1-2H3. The molecule has 0 saturated heterocycles. The Balaban J connectivity index is 2.36. The maximum Gasteiger partial charge on any atom is 0.416 e. The molecule has 0 fully saturated rings. The third kappa shape index (κ3) is 3.62. The molecule has 0 aliphatic rings. The van der Waals surface area contributed by atoms with Crippen LogP contribution in [0, 0.1) is 5.92 Å². The topological polar surface area (TPSA) is 0 Å². The molecule has 0 bridgehead atoms. The van der Waals surface area contributed by atoms with E-state index in [9.17, 15) is 13.2 Å². The predicted molar refractivity (Wildman–Crippen MR) is 75.4 cm³/mol. The highest BCUT2D eigenvalue weighted by Crippen LogP contribution is 2.32. The van der Waals surface area contributed by atoms with Crippen molar-refractivity contribution in [2.75, 3.05) is 0 Å². The minimum absolute atomic E-state index is 0.520. The van der Waals surface area contributed by atoms with Gasteiger partial charge in [-0.25, -0.2) is 0 Å². The molecule has 0 unspecified atom stereocenters. The van der Waals surface area contributed by atoms with Crippen LogP contribution in [-0.4, -0.2) is 0 Å². The fourth-order valence-corrected chi connectivity index (χ4v) is 2.22. The zero-order valence-electron chi connectivity index (χ0n) is 11.5. The van der Waals surface area contributed by atoms with Crippen LogP contribution in [0.2, 0.25) is 0 Å². The van der Waals surface area contributed by atoms with Crippen LogP contribution in [0.5, 0.6) is 0 Å². The van der Waals surface area contributed by atoms with Crippen LogP contribution in [0.4, 0.5) is 13.2 Å². The van der Waals surface area contributed by atoms with E-state index in [0.717, 1.165) is 23.6 Å². The van der Waals surface area contributed by atoms with Crippen LogP contribution in [0.1, 0.15) is 25.0 Å². The lowest BCUT2D eigenvalue weighted by Gasteiger charge is -2.10. The van der Waals surface area contributed by atoms with Crippen molar-refractivity contribution in [3.8, 4) is 11.1 Å². The smallest absolute Gasteiger partial charge is 0.166 e. The minimum atomic E-state index is -4.30. The highest BCUT2D eigenvalue weighted by Gasteiger charge is 2.30. The summed E-state index contributed by atoms with van der Waals surface area (Å²) in [6.07, 6.45) is -3.38. The van der Waals surface area contributed by atoms with Gasteiger partial charge in [0.2, 0.25) is 0 Å². The van der Waals surface area contributed by atoms with Crippen LogP contribution in [-0.2, 0) is 12.6 Å². The number of benzene rings is 2. The summed E-state index contributed by atoms with van der Waals surface area (Å²) in [6, 6.07) is 13.2. The summed E-state index contributed by atoms with van der Waals surface area (Å²) in [4.78, 5) is 0. The molecule has 0 atom stereocenters. The summed E-state index contributed by atoms with van der Waals surface area (Å²) >= 11 is 0. The molecule has 0 spiro atoms. The third-order valence-corrected chi connectivity index (χ3v) is 3.09. The molecule has 0 aliphatic carbocycles. The lowest BCUT2D eigenvalue weighted by Crippen LogP contribution is -2.04. The Morgan fingerprint density at radius 1 is 0.900 bits per heavy atom. The molecule has 2 rings (SSSR count). The van der Waals surface area contributed by atoms with E-state index in [1.807, 2.05) is 24.3 Å². The van der Waals surface area contributed by atoms with Crippen molar-refractivity contribution in [2.45, 2.75) is 26.4 Å². The molecular formula is C17H17F3. The molecule has 0 amide bonds. The molecule has 106 valence electrons. The first-order valence-corrected chi connectivity index (χ1v) is 6.63. The highest BCUT2D eigenvalue weighted by atomic mass is 19.4. The van der Waals surface area contributed by atoms with E-state index in [2.05, 4.69) is 13.8 Å². The van der Waals surface area contributed by atoms with Gasteiger partial charge >= 0.3 is 6.18 Å². The molecule has 20 heavy (non-hydrogen) atoms. The van der Waals surface area contributed by atoms with Gasteiger partial charge in [0.1, 0.15) is 0 Å². The maximum absolute atomic E-state index is 12.7. The van der Waals surface area contributed by atoms with Crippen molar-refractivity contribution in [3.63, 3.8) is 0 Å². The van der Waals surface area contributed by atoms with Crippen molar-refractivity contribution in [2.24, 2.45) is 5.92 Å². The van der Waals surface area contributed by atoms with E-state index in [4.69, 9.17) is 0 Å². The first kappa shape index (κ1) is 14.6. The Bertz CT molecular complexity index is 583. The summed E-state index contributed by atoms with van der Waals surface area (Å²) in [5.74, 6) is 0.520. The largest absolute Gasteiger partial charge is 0.416 e. The fraction of sp³-hybridized carbons (Fsp3) is 0.294.